The van der Waals surface area contributed by atoms with Gasteiger partial charge in [-0.3, -0.25) is 4.68 Å². The monoisotopic (exact) mass is 331 g/mol. The number of rotatable bonds is 4. The highest BCUT2D eigenvalue weighted by Crippen LogP contribution is 2.29. The largest absolute Gasteiger partial charge is 0.331 e. The minimum Gasteiger partial charge on any atom is -0.331 e. The van der Waals surface area contributed by atoms with Crippen LogP contribution in [-0.2, 0) is 13.5 Å². The fourth-order valence-electron chi connectivity index (χ4n) is 2.87. The Hall–Kier alpha value is -2.02. The number of carbonyl (C=O) groups is 1. The van der Waals surface area contributed by atoms with E-state index in [-0.39, 0.29) is 12.1 Å². The Labute approximate surface area is 140 Å². The van der Waals surface area contributed by atoms with Gasteiger partial charge in [-0.2, -0.15) is 5.10 Å². The predicted octanol–water partition coefficient (Wildman–Crippen LogP) is 3.13. The molecule has 0 spiro atoms. The van der Waals surface area contributed by atoms with Crippen molar-refractivity contribution in [1.82, 2.24) is 20.1 Å². The van der Waals surface area contributed by atoms with E-state index in [9.17, 15) is 4.79 Å². The number of carbonyl (C=O) groups excluding carboxylic acids is 1. The molecule has 2 aromatic rings. The zero-order valence-electron chi connectivity index (χ0n) is 13.4. The molecule has 2 amide bonds. The van der Waals surface area contributed by atoms with Crippen LogP contribution in [0.1, 0.15) is 37.1 Å². The molecule has 2 heterocycles. The first-order valence-electron chi connectivity index (χ1n) is 7.84. The van der Waals surface area contributed by atoms with Crippen LogP contribution >= 0.6 is 11.8 Å². The number of nitrogens with one attached hydrogen (secondary N) is 2. The summed E-state index contributed by atoms with van der Waals surface area (Å²) >= 11 is 1.68. The number of anilines is 1. The average molecular weight is 331 g/mol. The van der Waals surface area contributed by atoms with E-state index in [4.69, 9.17) is 0 Å². The summed E-state index contributed by atoms with van der Waals surface area (Å²) in [5.41, 5.74) is 3.04. The zero-order valence-corrected chi connectivity index (χ0v) is 14.2. The average Bonchev–Trinajstić information content (AvgIpc) is 2.92. The quantitative estimate of drug-likeness (QED) is 0.844. The Bertz CT molecular complexity index is 682. The van der Waals surface area contributed by atoms with Crippen LogP contribution in [0.15, 0.2) is 29.6 Å². The molecule has 122 valence electrons. The molecule has 7 heteroatoms. The van der Waals surface area contributed by atoms with Gasteiger partial charge in [0.2, 0.25) is 0 Å². The second-order valence-corrected chi connectivity index (χ2v) is 6.82. The number of fused-ring (bicyclic) bond motifs is 1. The molecular weight excluding hydrogens is 310 g/mol. The molecule has 0 aromatic carbocycles. The predicted molar refractivity (Wildman–Crippen MR) is 91.7 cm³/mol. The summed E-state index contributed by atoms with van der Waals surface area (Å²) < 4.78 is 1.90. The summed E-state index contributed by atoms with van der Waals surface area (Å²) in [6.07, 6.45) is 6.57. The highest BCUT2D eigenvalue weighted by atomic mass is 32.2. The molecule has 1 atom stereocenters. The molecule has 1 aliphatic rings. The van der Waals surface area contributed by atoms with Crippen LogP contribution < -0.4 is 10.6 Å². The highest BCUT2D eigenvalue weighted by molar-refractivity contribution is 7.99. The number of thioether (sulfide) groups is 1. The molecule has 1 unspecified atom stereocenters. The van der Waals surface area contributed by atoms with E-state index >= 15 is 0 Å². The lowest BCUT2D eigenvalue weighted by Crippen LogP contribution is -2.34. The van der Waals surface area contributed by atoms with Gasteiger partial charge in [-0.25, -0.2) is 9.78 Å². The minimum atomic E-state index is -0.204. The van der Waals surface area contributed by atoms with E-state index in [0.29, 0.717) is 5.69 Å². The van der Waals surface area contributed by atoms with E-state index in [1.165, 1.54) is 5.69 Å². The maximum Gasteiger partial charge on any atom is 0.319 e. The Morgan fingerprint density at radius 2 is 2.30 bits per heavy atom. The number of hydrogen-bond donors (Lipinski definition) is 2. The molecular formula is C16H21N5OS. The molecule has 6 nitrogen and oxygen atoms in total. The molecule has 2 N–H and O–H groups in total. The second-order valence-electron chi connectivity index (χ2n) is 5.53. The van der Waals surface area contributed by atoms with Crippen molar-refractivity contribution in [3.05, 3.63) is 35.8 Å². The van der Waals surface area contributed by atoms with Gasteiger partial charge in [0.1, 0.15) is 0 Å². The number of nitrogens with zero attached hydrogens (tertiary/aromatic N) is 3. The van der Waals surface area contributed by atoms with Gasteiger partial charge in [0.25, 0.3) is 0 Å². The lowest BCUT2D eigenvalue weighted by atomic mass is 9.93. The fourth-order valence-corrected chi connectivity index (χ4v) is 3.46. The van der Waals surface area contributed by atoms with Crippen molar-refractivity contribution < 1.29 is 4.79 Å². The lowest BCUT2D eigenvalue weighted by Gasteiger charge is -2.23. The fraction of sp³-hybridized carbons (Fsp3) is 0.438. The third kappa shape index (κ3) is 3.67. The maximum atomic E-state index is 12.2. The van der Waals surface area contributed by atoms with Crippen LogP contribution in [0.5, 0.6) is 0 Å². The van der Waals surface area contributed by atoms with Gasteiger partial charge in [-0.1, -0.05) is 6.92 Å². The zero-order chi connectivity index (χ0) is 16.2. The molecule has 1 aliphatic carbocycles. The summed E-state index contributed by atoms with van der Waals surface area (Å²) in [6, 6.07) is 3.62. The van der Waals surface area contributed by atoms with Crippen LogP contribution in [0.2, 0.25) is 0 Å². The molecule has 0 saturated heterocycles. The number of amides is 2. The molecule has 3 rings (SSSR count). The Kier molecular flexibility index (Phi) is 4.85. The first-order chi connectivity index (χ1) is 11.2. The van der Waals surface area contributed by atoms with E-state index in [2.05, 4.69) is 27.6 Å². The number of pyridine rings is 1. The Morgan fingerprint density at radius 1 is 1.43 bits per heavy atom. The number of urea groups is 1. The summed E-state index contributed by atoms with van der Waals surface area (Å²) in [7, 11) is 1.95. The van der Waals surface area contributed by atoms with Crippen molar-refractivity contribution in [2.24, 2.45) is 7.05 Å². The standard InChI is InChI=1S/C16H21N5OS/c1-3-23-15-8-7-11(9-17-15)19-16(22)20-13-5-4-6-14-12(13)10-18-21(14)2/h7-10,13H,3-6H2,1-2H3,(H2,19,20,22). The highest BCUT2D eigenvalue weighted by Gasteiger charge is 2.24. The van der Waals surface area contributed by atoms with Gasteiger partial charge < -0.3 is 10.6 Å². The first-order valence-corrected chi connectivity index (χ1v) is 8.83. The normalized spacial score (nSPS) is 16.7. The van der Waals surface area contributed by atoms with Crippen LogP contribution in [-0.4, -0.2) is 26.5 Å². The maximum absolute atomic E-state index is 12.2. The van der Waals surface area contributed by atoms with E-state index in [1.807, 2.05) is 30.1 Å². The third-order valence-electron chi connectivity index (χ3n) is 3.97. The SMILES string of the molecule is CCSc1ccc(NC(=O)NC2CCCc3c2cnn3C)cn1. The van der Waals surface area contributed by atoms with Crippen molar-refractivity contribution in [1.29, 1.82) is 0 Å². The second kappa shape index (κ2) is 7.04. The first kappa shape index (κ1) is 15.9. The Balaban J connectivity index is 1.61. The minimum absolute atomic E-state index is 0.0235. The van der Waals surface area contributed by atoms with Crippen LogP contribution in [0, 0.1) is 0 Å². The van der Waals surface area contributed by atoms with Gasteiger partial charge in [0.05, 0.1) is 29.1 Å². The molecule has 0 aliphatic heterocycles. The number of aromatic nitrogens is 3. The van der Waals surface area contributed by atoms with Crippen molar-refractivity contribution in [3.8, 4) is 0 Å². The summed E-state index contributed by atoms with van der Waals surface area (Å²) in [4.78, 5) is 16.5. The molecule has 0 saturated carbocycles. The van der Waals surface area contributed by atoms with Gasteiger partial charge in [-0.15, -0.1) is 11.8 Å². The number of hydrogen-bond acceptors (Lipinski definition) is 4. The van der Waals surface area contributed by atoms with E-state index < -0.39 is 0 Å². The smallest absolute Gasteiger partial charge is 0.319 e. The molecule has 23 heavy (non-hydrogen) atoms. The third-order valence-corrected chi connectivity index (χ3v) is 4.79. The molecule has 0 fully saturated rings. The molecule has 0 bridgehead atoms. The molecule has 2 aromatic heterocycles. The van der Waals surface area contributed by atoms with Crippen LogP contribution in [0.3, 0.4) is 0 Å². The van der Waals surface area contributed by atoms with Gasteiger partial charge >= 0.3 is 6.03 Å². The van der Waals surface area contributed by atoms with Crippen molar-refractivity contribution in [2.45, 2.75) is 37.3 Å². The van der Waals surface area contributed by atoms with E-state index in [1.54, 1.807) is 18.0 Å². The van der Waals surface area contributed by atoms with Gasteiger partial charge in [0, 0.05) is 18.3 Å². The summed E-state index contributed by atoms with van der Waals surface area (Å²) in [5.74, 6) is 0.982. The summed E-state index contributed by atoms with van der Waals surface area (Å²) in [6.45, 7) is 2.09. The van der Waals surface area contributed by atoms with Gasteiger partial charge in [-0.05, 0) is 37.1 Å². The van der Waals surface area contributed by atoms with Crippen molar-refractivity contribution in [3.63, 3.8) is 0 Å². The van der Waals surface area contributed by atoms with Crippen LogP contribution in [0.4, 0.5) is 10.5 Å². The van der Waals surface area contributed by atoms with Crippen LogP contribution in [0.25, 0.3) is 0 Å². The number of aryl methyl sites for hydroxylation is 1. The van der Waals surface area contributed by atoms with Gasteiger partial charge in [0.15, 0.2) is 0 Å². The topological polar surface area (TPSA) is 71.8 Å². The van der Waals surface area contributed by atoms with Crippen molar-refractivity contribution in [2.75, 3.05) is 11.1 Å². The van der Waals surface area contributed by atoms with Crippen molar-refractivity contribution >= 4 is 23.5 Å². The van der Waals surface area contributed by atoms with E-state index in [0.717, 1.165) is 35.6 Å². The Morgan fingerprint density at radius 3 is 3.04 bits per heavy atom. The molecule has 0 radical (unpaired) electrons. The lowest BCUT2D eigenvalue weighted by molar-refractivity contribution is 0.247. The summed E-state index contributed by atoms with van der Waals surface area (Å²) in [5, 5.41) is 11.2.